The first-order valence-electron chi connectivity index (χ1n) is 9.08. The van der Waals surface area contributed by atoms with Crippen LogP contribution in [0.15, 0.2) is 70.7 Å². The second-order valence-corrected chi connectivity index (χ2v) is 7.99. The zero-order valence-electron chi connectivity index (χ0n) is 16.0. The number of amides is 1. The Bertz CT molecular complexity index is 1180. The van der Waals surface area contributed by atoms with Gasteiger partial charge in [-0.25, -0.2) is 4.39 Å². The summed E-state index contributed by atoms with van der Waals surface area (Å²) < 4.78 is 14.7. The van der Waals surface area contributed by atoms with Gasteiger partial charge in [0.2, 0.25) is 0 Å². The third-order valence-electron chi connectivity index (χ3n) is 4.54. The molecule has 0 spiro atoms. The Balaban J connectivity index is 1.81. The molecule has 0 radical (unpaired) electrons. The first-order valence-corrected chi connectivity index (χ1v) is 10.3. The normalized spacial score (nSPS) is 11.1. The molecular formula is C24H17BrClFN2O. The summed E-state index contributed by atoms with van der Waals surface area (Å²) in [5.41, 5.74) is 3.52. The molecule has 0 saturated heterocycles. The molecule has 0 atom stereocenters. The standard InChI is InChI=1S/C24H17BrClFN2O/c1-15-6-9-20(26)13-23(15)29-24(30)19(14-28)10-16-7-8-17(21(25)11-16)12-18-4-2-3-5-22(18)27/h2-11,13H,12H2,1H3,(H,29,30)/b19-10+. The molecule has 0 aromatic heterocycles. The molecule has 0 saturated carbocycles. The Morgan fingerprint density at radius 2 is 1.93 bits per heavy atom. The summed E-state index contributed by atoms with van der Waals surface area (Å²) in [6.45, 7) is 1.84. The van der Waals surface area contributed by atoms with E-state index in [1.807, 2.05) is 19.1 Å². The van der Waals surface area contributed by atoms with Crippen molar-refractivity contribution in [2.24, 2.45) is 0 Å². The van der Waals surface area contributed by atoms with Gasteiger partial charge in [-0.3, -0.25) is 4.79 Å². The van der Waals surface area contributed by atoms with Crippen molar-refractivity contribution in [2.75, 3.05) is 5.32 Å². The first-order chi connectivity index (χ1) is 14.4. The van der Waals surface area contributed by atoms with Gasteiger partial charge in [-0.1, -0.05) is 63.9 Å². The summed E-state index contributed by atoms with van der Waals surface area (Å²) in [5, 5.41) is 12.7. The predicted molar refractivity (Wildman–Crippen MR) is 122 cm³/mol. The zero-order valence-corrected chi connectivity index (χ0v) is 18.4. The highest BCUT2D eigenvalue weighted by atomic mass is 79.9. The highest BCUT2D eigenvalue weighted by Crippen LogP contribution is 2.25. The molecule has 0 aliphatic heterocycles. The molecule has 3 aromatic rings. The molecule has 3 aromatic carbocycles. The van der Waals surface area contributed by atoms with E-state index in [1.54, 1.807) is 48.5 Å². The largest absolute Gasteiger partial charge is 0.321 e. The lowest BCUT2D eigenvalue weighted by atomic mass is 10.0. The minimum Gasteiger partial charge on any atom is -0.321 e. The molecule has 6 heteroatoms. The third-order valence-corrected chi connectivity index (χ3v) is 5.51. The fourth-order valence-corrected chi connectivity index (χ4v) is 3.59. The van der Waals surface area contributed by atoms with Gasteiger partial charge in [0.15, 0.2) is 0 Å². The number of hydrogen-bond acceptors (Lipinski definition) is 2. The van der Waals surface area contributed by atoms with E-state index in [2.05, 4.69) is 21.2 Å². The molecule has 30 heavy (non-hydrogen) atoms. The summed E-state index contributed by atoms with van der Waals surface area (Å²) in [7, 11) is 0. The second kappa shape index (κ2) is 9.71. The number of nitrogens with one attached hydrogen (secondary N) is 1. The SMILES string of the molecule is Cc1ccc(Cl)cc1NC(=O)/C(C#N)=C/c1ccc(Cc2ccccc2F)c(Br)c1. The van der Waals surface area contributed by atoms with E-state index in [1.165, 1.54) is 12.1 Å². The lowest BCUT2D eigenvalue weighted by Gasteiger charge is -2.09. The molecule has 0 aliphatic carbocycles. The monoisotopic (exact) mass is 482 g/mol. The van der Waals surface area contributed by atoms with E-state index < -0.39 is 5.91 Å². The van der Waals surface area contributed by atoms with Crippen molar-refractivity contribution in [1.29, 1.82) is 5.26 Å². The van der Waals surface area contributed by atoms with Gasteiger partial charge >= 0.3 is 0 Å². The number of rotatable bonds is 5. The smallest absolute Gasteiger partial charge is 0.266 e. The van der Waals surface area contributed by atoms with Crippen LogP contribution >= 0.6 is 27.5 Å². The summed E-state index contributed by atoms with van der Waals surface area (Å²) in [5.74, 6) is -0.775. The molecule has 0 bridgehead atoms. The van der Waals surface area contributed by atoms with Crippen LogP contribution < -0.4 is 5.32 Å². The third kappa shape index (κ3) is 5.35. The van der Waals surface area contributed by atoms with Crippen molar-refractivity contribution < 1.29 is 9.18 Å². The summed E-state index contributed by atoms with van der Waals surface area (Å²) in [4.78, 5) is 12.5. The van der Waals surface area contributed by atoms with Crippen LogP contribution in [-0.2, 0) is 11.2 Å². The van der Waals surface area contributed by atoms with Gasteiger partial charge in [-0.05, 0) is 59.5 Å². The zero-order chi connectivity index (χ0) is 21.7. The Kier molecular flexibility index (Phi) is 7.04. The maximum Gasteiger partial charge on any atom is 0.266 e. The van der Waals surface area contributed by atoms with Crippen LogP contribution in [0.2, 0.25) is 5.02 Å². The molecule has 1 amide bonds. The number of halogens is 3. The van der Waals surface area contributed by atoms with Gasteiger partial charge in [-0.15, -0.1) is 0 Å². The van der Waals surface area contributed by atoms with Crippen molar-refractivity contribution in [2.45, 2.75) is 13.3 Å². The van der Waals surface area contributed by atoms with Crippen LogP contribution in [0.4, 0.5) is 10.1 Å². The fraction of sp³-hybridized carbons (Fsp3) is 0.0833. The second-order valence-electron chi connectivity index (χ2n) is 6.70. The van der Waals surface area contributed by atoms with E-state index in [0.29, 0.717) is 28.3 Å². The molecule has 0 fully saturated rings. The van der Waals surface area contributed by atoms with E-state index >= 15 is 0 Å². The van der Waals surface area contributed by atoms with Crippen LogP contribution in [0.3, 0.4) is 0 Å². The molecule has 0 unspecified atom stereocenters. The van der Waals surface area contributed by atoms with Gasteiger partial charge in [0.1, 0.15) is 17.5 Å². The van der Waals surface area contributed by atoms with Crippen molar-refractivity contribution >= 4 is 45.2 Å². The van der Waals surface area contributed by atoms with E-state index in [4.69, 9.17) is 11.6 Å². The van der Waals surface area contributed by atoms with Gasteiger partial charge in [0.25, 0.3) is 5.91 Å². The maximum absolute atomic E-state index is 13.9. The molecule has 1 N–H and O–H groups in total. The molecule has 150 valence electrons. The minimum absolute atomic E-state index is 0.0388. The number of carbonyl (C=O) groups is 1. The van der Waals surface area contributed by atoms with Crippen LogP contribution in [-0.4, -0.2) is 5.91 Å². The number of benzene rings is 3. The van der Waals surface area contributed by atoms with Gasteiger partial charge in [-0.2, -0.15) is 5.26 Å². The number of carbonyl (C=O) groups excluding carboxylic acids is 1. The predicted octanol–water partition coefficient (Wildman–Crippen LogP) is 6.69. The van der Waals surface area contributed by atoms with Gasteiger partial charge in [0.05, 0.1) is 0 Å². The number of hydrogen-bond donors (Lipinski definition) is 1. The van der Waals surface area contributed by atoms with Crippen molar-refractivity contribution in [1.82, 2.24) is 0 Å². The highest BCUT2D eigenvalue weighted by Gasteiger charge is 2.12. The Hall–Kier alpha value is -2.94. The highest BCUT2D eigenvalue weighted by molar-refractivity contribution is 9.10. The van der Waals surface area contributed by atoms with Gasteiger partial charge < -0.3 is 5.32 Å². The number of nitriles is 1. The van der Waals surface area contributed by atoms with Crippen molar-refractivity contribution in [3.63, 3.8) is 0 Å². The van der Waals surface area contributed by atoms with Crippen LogP contribution in [0, 0.1) is 24.1 Å². The van der Waals surface area contributed by atoms with Crippen LogP contribution in [0.1, 0.15) is 22.3 Å². The van der Waals surface area contributed by atoms with Crippen molar-refractivity contribution in [3.8, 4) is 6.07 Å². The van der Waals surface area contributed by atoms with E-state index in [0.717, 1.165) is 15.6 Å². The van der Waals surface area contributed by atoms with Crippen molar-refractivity contribution in [3.05, 3.63) is 104 Å². The number of aryl methyl sites for hydroxylation is 1. The summed E-state index contributed by atoms with van der Waals surface area (Å²) >= 11 is 9.48. The maximum atomic E-state index is 13.9. The minimum atomic E-state index is -0.519. The number of nitrogens with zero attached hydrogens (tertiary/aromatic N) is 1. The Morgan fingerprint density at radius 1 is 1.17 bits per heavy atom. The Morgan fingerprint density at radius 3 is 2.63 bits per heavy atom. The topological polar surface area (TPSA) is 52.9 Å². The first kappa shape index (κ1) is 21.8. The van der Waals surface area contributed by atoms with Crippen LogP contribution in [0.25, 0.3) is 6.08 Å². The molecule has 3 rings (SSSR count). The quantitative estimate of drug-likeness (QED) is 0.325. The van der Waals surface area contributed by atoms with Gasteiger partial charge in [0, 0.05) is 21.6 Å². The lowest BCUT2D eigenvalue weighted by molar-refractivity contribution is -0.112. The summed E-state index contributed by atoms with van der Waals surface area (Å²) in [6, 6.07) is 19.1. The van der Waals surface area contributed by atoms with Crippen LogP contribution in [0.5, 0.6) is 0 Å². The van der Waals surface area contributed by atoms with E-state index in [9.17, 15) is 14.4 Å². The average molecular weight is 484 g/mol. The number of anilines is 1. The van der Waals surface area contributed by atoms with E-state index in [-0.39, 0.29) is 11.4 Å². The molecular weight excluding hydrogens is 467 g/mol. The summed E-state index contributed by atoms with van der Waals surface area (Å²) in [6.07, 6.45) is 1.93. The molecule has 0 heterocycles. The fourth-order valence-electron chi connectivity index (χ4n) is 2.88. The lowest BCUT2D eigenvalue weighted by Crippen LogP contribution is -2.14. The molecule has 0 aliphatic rings. The molecule has 3 nitrogen and oxygen atoms in total. The average Bonchev–Trinajstić information content (AvgIpc) is 2.72. The Labute approximate surface area is 187 Å².